The van der Waals surface area contributed by atoms with Gasteiger partial charge in [-0.3, -0.25) is 0 Å². The summed E-state index contributed by atoms with van der Waals surface area (Å²) < 4.78 is 5.10. The first-order chi connectivity index (χ1) is 7.20. The molecule has 0 spiro atoms. The van der Waals surface area contributed by atoms with E-state index in [4.69, 9.17) is 10.5 Å². The van der Waals surface area contributed by atoms with Gasteiger partial charge in [0.2, 0.25) is 0 Å². The molecule has 0 aliphatic carbocycles. The molecule has 0 radical (unpaired) electrons. The quantitative estimate of drug-likeness (QED) is 0.791. The summed E-state index contributed by atoms with van der Waals surface area (Å²) in [6.07, 6.45) is 1.86. The normalized spacial score (nSPS) is 10.3. The lowest BCUT2D eigenvalue weighted by Crippen LogP contribution is -1.91. The van der Waals surface area contributed by atoms with Crippen molar-refractivity contribution < 1.29 is 4.74 Å². The molecule has 1 aromatic heterocycles. The minimum Gasteiger partial charge on any atom is -0.495 e. The van der Waals surface area contributed by atoms with Crippen molar-refractivity contribution >= 4 is 17.0 Å². The van der Waals surface area contributed by atoms with Crippen molar-refractivity contribution in [3.05, 3.63) is 29.4 Å². The van der Waals surface area contributed by atoms with Gasteiger partial charge in [0.25, 0.3) is 0 Å². The lowest BCUT2D eigenvalue weighted by Gasteiger charge is -2.05. The zero-order valence-electron chi connectivity index (χ0n) is 8.65. The third-order valence-corrected chi connectivity index (χ3v) is 3.10. The molecule has 0 aliphatic heterocycles. The van der Waals surface area contributed by atoms with E-state index in [1.54, 1.807) is 18.4 Å². The van der Waals surface area contributed by atoms with Crippen molar-refractivity contribution in [2.45, 2.75) is 6.92 Å². The average molecular weight is 220 g/mol. The lowest BCUT2D eigenvalue weighted by atomic mass is 10.1. The molecule has 0 atom stereocenters. The monoisotopic (exact) mass is 220 g/mol. The molecule has 3 nitrogen and oxygen atoms in total. The van der Waals surface area contributed by atoms with E-state index < -0.39 is 0 Å². The number of aryl methyl sites for hydroxylation is 1. The van der Waals surface area contributed by atoms with Crippen LogP contribution in [-0.4, -0.2) is 12.1 Å². The molecule has 0 unspecified atom stereocenters. The van der Waals surface area contributed by atoms with Gasteiger partial charge in [0.15, 0.2) is 0 Å². The number of aromatic nitrogens is 1. The predicted molar refractivity (Wildman–Crippen MR) is 63.3 cm³/mol. The number of anilines is 1. The highest BCUT2D eigenvalue weighted by molar-refractivity contribution is 7.15. The van der Waals surface area contributed by atoms with Crippen LogP contribution in [0, 0.1) is 6.92 Å². The highest BCUT2D eigenvalue weighted by Crippen LogP contribution is 2.31. The standard InChI is InChI=1S/C11H12N2OS/c1-7-13-6-11(15-7)8-3-4-10(14-2)9(12)5-8/h3-6H,12H2,1-2H3. The summed E-state index contributed by atoms with van der Waals surface area (Å²) in [5.74, 6) is 0.708. The van der Waals surface area contributed by atoms with Crippen LogP contribution in [0.15, 0.2) is 24.4 Å². The zero-order valence-corrected chi connectivity index (χ0v) is 9.47. The Hall–Kier alpha value is -1.55. The maximum absolute atomic E-state index is 5.84. The summed E-state index contributed by atoms with van der Waals surface area (Å²) in [6, 6.07) is 5.77. The maximum Gasteiger partial charge on any atom is 0.141 e. The van der Waals surface area contributed by atoms with E-state index in [1.807, 2.05) is 31.3 Å². The molecular formula is C11H12N2OS. The number of hydrogen-bond acceptors (Lipinski definition) is 4. The summed E-state index contributed by atoms with van der Waals surface area (Å²) in [4.78, 5) is 5.34. The lowest BCUT2D eigenvalue weighted by molar-refractivity contribution is 0.417. The average Bonchev–Trinajstić information content (AvgIpc) is 2.65. The molecule has 0 amide bonds. The van der Waals surface area contributed by atoms with Crippen molar-refractivity contribution in [2.24, 2.45) is 0 Å². The zero-order chi connectivity index (χ0) is 10.8. The van der Waals surface area contributed by atoms with E-state index in [9.17, 15) is 0 Å². The fourth-order valence-electron chi connectivity index (χ4n) is 1.38. The molecule has 0 aliphatic rings. The van der Waals surface area contributed by atoms with Crippen LogP contribution in [0.1, 0.15) is 5.01 Å². The second-order valence-electron chi connectivity index (χ2n) is 3.20. The van der Waals surface area contributed by atoms with Crippen LogP contribution >= 0.6 is 11.3 Å². The smallest absolute Gasteiger partial charge is 0.141 e. The van der Waals surface area contributed by atoms with Gasteiger partial charge in [0.1, 0.15) is 5.75 Å². The van der Waals surface area contributed by atoms with Crippen LogP contribution in [0.4, 0.5) is 5.69 Å². The Morgan fingerprint density at radius 3 is 2.73 bits per heavy atom. The molecule has 4 heteroatoms. The molecule has 0 bridgehead atoms. The van der Waals surface area contributed by atoms with Gasteiger partial charge in [-0.25, -0.2) is 4.98 Å². The van der Waals surface area contributed by atoms with E-state index in [1.165, 1.54) is 0 Å². The number of nitrogens with two attached hydrogens (primary N) is 1. The number of hydrogen-bond donors (Lipinski definition) is 1. The molecule has 2 rings (SSSR count). The number of ether oxygens (including phenoxy) is 1. The highest BCUT2D eigenvalue weighted by atomic mass is 32.1. The molecule has 2 aromatic rings. The molecule has 0 saturated heterocycles. The topological polar surface area (TPSA) is 48.1 Å². The van der Waals surface area contributed by atoms with Gasteiger partial charge in [-0.05, 0) is 30.7 Å². The third-order valence-electron chi connectivity index (χ3n) is 2.14. The molecule has 0 saturated carbocycles. The van der Waals surface area contributed by atoms with Crippen molar-refractivity contribution in [1.82, 2.24) is 4.98 Å². The molecule has 15 heavy (non-hydrogen) atoms. The first-order valence-corrected chi connectivity index (χ1v) is 5.38. The van der Waals surface area contributed by atoms with Crippen molar-refractivity contribution in [3.63, 3.8) is 0 Å². The number of nitrogens with zero attached hydrogens (tertiary/aromatic N) is 1. The fourth-order valence-corrected chi connectivity index (χ4v) is 2.16. The Morgan fingerprint density at radius 1 is 1.40 bits per heavy atom. The predicted octanol–water partition coefficient (Wildman–Crippen LogP) is 2.71. The van der Waals surface area contributed by atoms with Gasteiger partial charge in [-0.1, -0.05) is 0 Å². The molecular weight excluding hydrogens is 208 g/mol. The van der Waals surface area contributed by atoms with E-state index in [0.717, 1.165) is 15.4 Å². The number of thiazole rings is 1. The van der Waals surface area contributed by atoms with Crippen molar-refractivity contribution in [2.75, 3.05) is 12.8 Å². The number of methoxy groups -OCH3 is 1. The summed E-state index contributed by atoms with van der Waals surface area (Å²) >= 11 is 1.66. The van der Waals surface area contributed by atoms with Gasteiger partial charge in [0.05, 0.1) is 22.7 Å². The van der Waals surface area contributed by atoms with Crippen LogP contribution < -0.4 is 10.5 Å². The van der Waals surface area contributed by atoms with Crippen molar-refractivity contribution in [3.8, 4) is 16.2 Å². The maximum atomic E-state index is 5.84. The SMILES string of the molecule is COc1ccc(-c2cnc(C)s2)cc1N. The van der Waals surface area contributed by atoms with E-state index in [-0.39, 0.29) is 0 Å². The van der Waals surface area contributed by atoms with E-state index in [0.29, 0.717) is 11.4 Å². The first kappa shape index (κ1) is 9.98. The second kappa shape index (κ2) is 3.90. The Bertz CT molecular complexity index is 479. The van der Waals surface area contributed by atoms with Crippen LogP contribution in [0.5, 0.6) is 5.75 Å². The first-order valence-electron chi connectivity index (χ1n) is 4.57. The highest BCUT2D eigenvalue weighted by Gasteiger charge is 2.05. The van der Waals surface area contributed by atoms with Gasteiger partial charge in [0, 0.05) is 6.20 Å². The minimum absolute atomic E-state index is 0.654. The van der Waals surface area contributed by atoms with Crippen LogP contribution in [-0.2, 0) is 0 Å². The van der Waals surface area contributed by atoms with Crippen molar-refractivity contribution in [1.29, 1.82) is 0 Å². The van der Waals surface area contributed by atoms with Crippen LogP contribution in [0.25, 0.3) is 10.4 Å². The Morgan fingerprint density at radius 2 is 2.20 bits per heavy atom. The Labute approximate surface area is 92.5 Å². The van der Waals surface area contributed by atoms with Gasteiger partial charge in [-0.2, -0.15) is 0 Å². The summed E-state index contributed by atoms with van der Waals surface area (Å²) in [6.45, 7) is 1.99. The molecule has 0 fully saturated rings. The second-order valence-corrected chi connectivity index (χ2v) is 4.44. The Kier molecular flexibility index (Phi) is 2.60. The molecule has 1 heterocycles. The summed E-state index contributed by atoms with van der Waals surface area (Å²) in [5, 5.41) is 1.05. The molecule has 78 valence electrons. The van der Waals surface area contributed by atoms with Gasteiger partial charge >= 0.3 is 0 Å². The van der Waals surface area contributed by atoms with Crippen LogP contribution in [0.3, 0.4) is 0 Å². The third kappa shape index (κ3) is 1.94. The summed E-state index contributed by atoms with van der Waals surface area (Å²) in [7, 11) is 1.61. The number of rotatable bonds is 2. The van der Waals surface area contributed by atoms with Crippen LogP contribution in [0.2, 0.25) is 0 Å². The minimum atomic E-state index is 0.654. The van der Waals surface area contributed by atoms with E-state index >= 15 is 0 Å². The molecule has 1 aromatic carbocycles. The van der Waals surface area contributed by atoms with E-state index in [2.05, 4.69) is 4.98 Å². The number of nitrogen functional groups attached to an aromatic ring is 1. The Balaban J connectivity index is 2.42. The van der Waals surface area contributed by atoms with Gasteiger partial charge in [-0.15, -0.1) is 11.3 Å². The molecule has 2 N–H and O–H groups in total. The largest absolute Gasteiger partial charge is 0.495 e. The number of benzene rings is 1. The fraction of sp³-hybridized carbons (Fsp3) is 0.182. The summed E-state index contributed by atoms with van der Waals surface area (Å²) in [5.41, 5.74) is 7.57. The van der Waals surface area contributed by atoms with Gasteiger partial charge < -0.3 is 10.5 Å².